The van der Waals surface area contributed by atoms with E-state index in [1.165, 1.54) is 18.3 Å². The van der Waals surface area contributed by atoms with Crippen LogP contribution in [0.4, 0.5) is 28.9 Å². The molecule has 28 heavy (non-hydrogen) atoms. The average molecular weight is 461 g/mol. The number of hydrogen-bond acceptors (Lipinski definition) is 4. The molecule has 3 N–H and O–H groups in total. The number of nitrogens with zero attached hydrogens (tertiary/aromatic N) is 1. The minimum absolute atomic E-state index is 0.00217. The summed E-state index contributed by atoms with van der Waals surface area (Å²) in [6, 6.07) is 4.67. The van der Waals surface area contributed by atoms with Gasteiger partial charge in [-0.15, -0.1) is 0 Å². The van der Waals surface area contributed by atoms with E-state index in [2.05, 4.69) is 36.9 Å². The molecule has 10 heteroatoms. The van der Waals surface area contributed by atoms with E-state index in [0.29, 0.717) is 12.8 Å². The van der Waals surface area contributed by atoms with Crippen LogP contribution in [-0.2, 0) is 17.5 Å². The van der Waals surface area contributed by atoms with Crippen LogP contribution in [0.25, 0.3) is 0 Å². The van der Waals surface area contributed by atoms with Gasteiger partial charge in [0.25, 0.3) is 0 Å². The summed E-state index contributed by atoms with van der Waals surface area (Å²) in [6.45, 7) is -0.111. The highest BCUT2D eigenvalue weighted by Crippen LogP contribution is 2.38. The first-order valence-corrected chi connectivity index (χ1v) is 9.19. The molecule has 1 heterocycles. The Labute approximate surface area is 167 Å². The summed E-state index contributed by atoms with van der Waals surface area (Å²) in [4.78, 5) is 16.0. The van der Waals surface area contributed by atoms with Crippen molar-refractivity contribution in [2.24, 2.45) is 0 Å². The lowest BCUT2D eigenvalue weighted by Crippen LogP contribution is -2.44. The van der Waals surface area contributed by atoms with E-state index in [9.17, 15) is 22.4 Å². The smallest absolute Gasteiger partial charge is 0.354 e. The number of nitrogens with one attached hydrogen (secondary N) is 3. The molecule has 2 aromatic rings. The van der Waals surface area contributed by atoms with Crippen LogP contribution in [0.1, 0.15) is 24.1 Å². The van der Waals surface area contributed by atoms with Gasteiger partial charge in [-0.1, -0.05) is 15.9 Å². The highest BCUT2D eigenvalue weighted by atomic mass is 79.9. The van der Waals surface area contributed by atoms with E-state index in [-0.39, 0.29) is 34.0 Å². The molecule has 0 spiro atoms. The van der Waals surface area contributed by atoms with Crippen LogP contribution in [0.3, 0.4) is 0 Å². The fourth-order valence-electron chi connectivity index (χ4n) is 2.73. The standard InChI is InChI=1S/C18H17BrF4N4O/c1-24-17(4-5-17)16(28)26-9-15-13(20)7-11(8-25-15)27-14-3-2-10(19)6-12(14)18(21,22)23/h2-3,6-8,24,27H,4-5,9H2,1H3,(H,26,28). The van der Waals surface area contributed by atoms with E-state index < -0.39 is 23.1 Å². The Balaban J connectivity index is 1.72. The van der Waals surface area contributed by atoms with Crippen molar-refractivity contribution in [3.63, 3.8) is 0 Å². The number of hydrogen-bond donors (Lipinski definition) is 3. The van der Waals surface area contributed by atoms with Crippen molar-refractivity contribution in [2.45, 2.75) is 31.1 Å². The Hall–Kier alpha value is -2.20. The molecule has 0 unspecified atom stereocenters. The van der Waals surface area contributed by atoms with Crippen molar-refractivity contribution in [1.82, 2.24) is 15.6 Å². The number of pyridine rings is 1. The molecule has 0 radical (unpaired) electrons. The lowest BCUT2D eigenvalue weighted by Gasteiger charge is -2.16. The third-order valence-corrected chi connectivity index (χ3v) is 5.06. The van der Waals surface area contributed by atoms with Gasteiger partial charge < -0.3 is 16.0 Å². The summed E-state index contributed by atoms with van der Waals surface area (Å²) in [5.74, 6) is -0.964. The molecule has 0 atom stereocenters. The minimum atomic E-state index is -4.58. The fourth-order valence-corrected chi connectivity index (χ4v) is 3.09. The highest BCUT2D eigenvalue weighted by Gasteiger charge is 2.48. The number of benzene rings is 1. The zero-order valence-electron chi connectivity index (χ0n) is 14.8. The molecule has 3 rings (SSSR count). The normalized spacial score (nSPS) is 15.2. The molecule has 1 aliphatic carbocycles. The van der Waals surface area contributed by atoms with E-state index in [1.807, 2.05) is 0 Å². The van der Waals surface area contributed by atoms with E-state index in [0.717, 1.165) is 12.1 Å². The van der Waals surface area contributed by atoms with Crippen LogP contribution in [0, 0.1) is 5.82 Å². The van der Waals surface area contributed by atoms with Crippen molar-refractivity contribution in [2.75, 3.05) is 12.4 Å². The van der Waals surface area contributed by atoms with Gasteiger partial charge >= 0.3 is 6.18 Å². The summed E-state index contributed by atoms with van der Waals surface area (Å²) in [6.07, 6.45) is -1.93. The third-order valence-electron chi connectivity index (χ3n) is 4.56. The molecule has 150 valence electrons. The van der Waals surface area contributed by atoms with Gasteiger partial charge in [0.05, 0.1) is 40.9 Å². The SMILES string of the molecule is CNC1(C(=O)NCc2ncc(Nc3ccc(Br)cc3C(F)(F)F)cc2F)CC1. The molecular formula is C18H17BrF4N4O. The second-order valence-corrected chi connectivity index (χ2v) is 7.40. The summed E-state index contributed by atoms with van der Waals surface area (Å²) in [5, 5.41) is 8.09. The number of halogens is 5. The molecule has 1 amide bonds. The molecule has 1 fully saturated rings. The number of alkyl halides is 3. The predicted octanol–water partition coefficient (Wildman–Crippen LogP) is 4.11. The number of likely N-dealkylation sites (N-methyl/N-ethyl adjacent to an activating group) is 1. The van der Waals surface area contributed by atoms with Crippen LogP contribution in [-0.4, -0.2) is 23.5 Å². The Morgan fingerprint density at radius 2 is 2.00 bits per heavy atom. The zero-order valence-corrected chi connectivity index (χ0v) is 16.3. The van der Waals surface area contributed by atoms with E-state index >= 15 is 0 Å². The molecule has 1 aromatic carbocycles. The number of rotatable bonds is 6. The molecule has 0 bridgehead atoms. The van der Waals surface area contributed by atoms with Crippen LogP contribution in [0.15, 0.2) is 34.9 Å². The van der Waals surface area contributed by atoms with Crippen LogP contribution >= 0.6 is 15.9 Å². The second-order valence-electron chi connectivity index (χ2n) is 6.48. The molecule has 1 saturated carbocycles. The lowest BCUT2D eigenvalue weighted by molar-refractivity contribution is -0.137. The second kappa shape index (κ2) is 7.67. The molecule has 1 aliphatic rings. The first kappa shape index (κ1) is 20.5. The first-order valence-electron chi connectivity index (χ1n) is 8.40. The average Bonchev–Trinajstić information content (AvgIpc) is 3.43. The Bertz CT molecular complexity index is 900. The van der Waals surface area contributed by atoms with Gasteiger partial charge in [-0.2, -0.15) is 13.2 Å². The quantitative estimate of drug-likeness (QED) is 0.567. The molecule has 5 nitrogen and oxygen atoms in total. The summed E-state index contributed by atoms with van der Waals surface area (Å²) < 4.78 is 54.1. The number of anilines is 2. The largest absolute Gasteiger partial charge is 0.418 e. The third kappa shape index (κ3) is 4.44. The van der Waals surface area contributed by atoms with Crippen molar-refractivity contribution in [1.29, 1.82) is 0 Å². The Morgan fingerprint density at radius 3 is 2.57 bits per heavy atom. The number of carbonyl (C=O) groups excluding carboxylic acids is 1. The Kier molecular flexibility index (Phi) is 5.62. The maximum atomic E-state index is 14.3. The van der Waals surface area contributed by atoms with Gasteiger partial charge in [0, 0.05) is 10.5 Å². The highest BCUT2D eigenvalue weighted by molar-refractivity contribution is 9.10. The number of carbonyl (C=O) groups is 1. The first-order chi connectivity index (χ1) is 13.1. The maximum Gasteiger partial charge on any atom is 0.418 e. The van der Waals surface area contributed by atoms with Gasteiger partial charge in [0.2, 0.25) is 5.91 Å². The van der Waals surface area contributed by atoms with E-state index in [4.69, 9.17) is 0 Å². The lowest BCUT2D eigenvalue weighted by atomic mass is 10.1. The monoisotopic (exact) mass is 460 g/mol. The van der Waals surface area contributed by atoms with Gasteiger partial charge in [-0.25, -0.2) is 4.39 Å². The van der Waals surface area contributed by atoms with Crippen molar-refractivity contribution >= 4 is 33.2 Å². The van der Waals surface area contributed by atoms with Crippen LogP contribution in [0.5, 0.6) is 0 Å². The van der Waals surface area contributed by atoms with Crippen molar-refractivity contribution < 1.29 is 22.4 Å². The Morgan fingerprint density at radius 1 is 1.29 bits per heavy atom. The fraction of sp³-hybridized carbons (Fsp3) is 0.333. The van der Waals surface area contributed by atoms with Crippen molar-refractivity contribution in [3.05, 3.63) is 52.0 Å². The van der Waals surface area contributed by atoms with E-state index in [1.54, 1.807) is 7.05 Å². The number of aromatic nitrogens is 1. The van der Waals surface area contributed by atoms with Gasteiger partial charge in [0.1, 0.15) is 5.82 Å². The van der Waals surface area contributed by atoms with Crippen LogP contribution < -0.4 is 16.0 Å². The molecule has 1 aromatic heterocycles. The summed E-state index contributed by atoms with van der Waals surface area (Å²) in [7, 11) is 1.68. The number of amides is 1. The van der Waals surface area contributed by atoms with Crippen molar-refractivity contribution in [3.8, 4) is 0 Å². The molecule has 0 saturated heterocycles. The van der Waals surface area contributed by atoms with Gasteiger partial charge in [-0.05, 0) is 38.1 Å². The molecular weight excluding hydrogens is 444 g/mol. The zero-order chi connectivity index (χ0) is 20.5. The topological polar surface area (TPSA) is 66.0 Å². The van der Waals surface area contributed by atoms with Gasteiger partial charge in [0.15, 0.2) is 0 Å². The maximum absolute atomic E-state index is 14.3. The van der Waals surface area contributed by atoms with Crippen LogP contribution in [0.2, 0.25) is 0 Å². The summed E-state index contributed by atoms with van der Waals surface area (Å²) in [5.41, 5.74) is -1.64. The van der Waals surface area contributed by atoms with Gasteiger partial charge in [-0.3, -0.25) is 9.78 Å². The molecule has 0 aliphatic heterocycles. The predicted molar refractivity (Wildman–Crippen MR) is 99.5 cm³/mol. The minimum Gasteiger partial charge on any atom is -0.354 e. The summed E-state index contributed by atoms with van der Waals surface area (Å²) >= 11 is 3.01.